The fourth-order valence-electron chi connectivity index (χ4n) is 4.43. The number of rotatable bonds is 11. The molecular weight excluding hydrogens is 492 g/mol. The Labute approximate surface area is 228 Å². The highest BCUT2D eigenvalue weighted by atomic mass is 16.7. The summed E-state index contributed by atoms with van der Waals surface area (Å²) >= 11 is 0. The van der Waals surface area contributed by atoms with E-state index in [0.717, 1.165) is 16.7 Å². The maximum atomic E-state index is 13.5. The quantitative estimate of drug-likeness (QED) is 0.258. The first-order valence-electron chi connectivity index (χ1n) is 12.9. The van der Waals surface area contributed by atoms with E-state index in [2.05, 4.69) is 5.32 Å². The van der Waals surface area contributed by atoms with Crippen LogP contribution in [0.25, 0.3) is 0 Å². The van der Waals surface area contributed by atoms with Crippen molar-refractivity contribution in [3.05, 3.63) is 132 Å². The molecule has 4 aromatic rings. The van der Waals surface area contributed by atoms with Gasteiger partial charge in [0.15, 0.2) is 12.4 Å². The van der Waals surface area contributed by atoms with Gasteiger partial charge in [-0.1, -0.05) is 103 Å². The van der Waals surface area contributed by atoms with Crippen molar-refractivity contribution in [2.45, 2.75) is 44.4 Å². The second kappa shape index (κ2) is 13.2. The molecule has 1 amide bonds. The monoisotopic (exact) mass is 524 g/mol. The molecule has 1 aliphatic heterocycles. The van der Waals surface area contributed by atoms with E-state index in [4.69, 9.17) is 24.7 Å². The van der Waals surface area contributed by atoms with E-state index < -0.39 is 24.6 Å². The Hall–Kier alpha value is -4.01. The highest BCUT2D eigenvalue weighted by Gasteiger charge is 2.50. The van der Waals surface area contributed by atoms with E-state index in [1.807, 2.05) is 103 Å². The summed E-state index contributed by atoms with van der Waals surface area (Å²) in [6, 6.07) is 36.5. The van der Waals surface area contributed by atoms with Crippen LogP contribution in [0.3, 0.4) is 0 Å². The Morgan fingerprint density at radius 1 is 0.641 bits per heavy atom. The lowest BCUT2D eigenvalue weighted by Gasteiger charge is -2.25. The second-order valence-corrected chi connectivity index (χ2v) is 9.32. The van der Waals surface area contributed by atoms with Crippen molar-refractivity contribution in [3.8, 4) is 0 Å². The lowest BCUT2D eigenvalue weighted by atomic mass is 10.1. The lowest BCUT2D eigenvalue weighted by Crippen LogP contribution is -2.42. The molecule has 0 bridgehead atoms. The maximum absolute atomic E-state index is 13.5. The summed E-state index contributed by atoms with van der Waals surface area (Å²) in [5.41, 5.74) is 9.98. The molecule has 1 fully saturated rings. The number of nitrogens with two attached hydrogens (primary N) is 1. The van der Waals surface area contributed by atoms with E-state index in [1.165, 1.54) is 0 Å². The largest absolute Gasteiger partial charge is 0.397 e. The molecule has 0 unspecified atom stereocenters. The van der Waals surface area contributed by atoms with Crippen molar-refractivity contribution < 1.29 is 23.7 Å². The summed E-state index contributed by atoms with van der Waals surface area (Å²) in [4.78, 5) is 13.5. The van der Waals surface area contributed by atoms with Crippen molar-refractivity contribution in [1.82, 2.24) is 0 Å². The predicted octanol–water partition coefficient (Wildman–Crippen LogP) is 5.32. The Balaban J connectivity index is 1.39. The summed E-state index contributed by atoms with van der Waals surface area (Å²) in [7, 11) is 0. The van der Waals surface area contributed by atoms with E-state index in [-0.39, 0.29) is 12.5 Å². The Morgan fingerprint density at radius 2 is 1.10 bits per heavy atom. The van der Waals surface area contributed by atoms with Crippen LogP contribution >= 0.6 is 0 Å². The number of carbonyl (C=O) groups excluding carboxylic acids is 1. The molecule has 5 rings (SSSR count). The van der Waals surface area contributed by atoms with Gasteiger partial charge in [0.2, 0.25) is 0 Å². The third kappa shape index (κ3) is 7.10. The van der Waals surface area contributed by atoms with Gasteiger partial charge in [-0.3, -0.25) is 4.79 Å². The van der Waals surface area contributed by atoms with E-state index in [0.29, 0.717) is 24.6 Å². The fourth-order valence-corrected chi connectivity index (χ4v) is 4.43. The number of ether oxygens (including phenoxy) is 4. The zero-order valence-electron chi connectivity index (χ0n) is 21.5. The predicted molar refractivity (Wildman–Crippen MR) is 149 cm³/mol. The maximum Gasteiger partial charge on any atom is 0.256 e. The Morgan fingerprint density at radius 3 is 1.64 bits per heavy atom. The van der Waals surface area contributed by atoms with Crippen LogP contribution in [0.2, 0.25) is 0 Å². The second-order valence-electron chi connectivity index (χ2n) is 9.32. The molecule has 0 radical (unpaired) electrons. The molecule has 4 atom stereocenters. The number of nitrogens with one attached hydrogen (secondary N) is 1. The van der Waals surface area contributed by atoms with Crippen LogP contribution < -0.4 is 11.1 Å². The molecule has 1 heterocycles. The average molecular weight is 525 g/mol. The number of carbonyl (C=O) groups is 1. The molecule has 0 aromatic heterocycles. The molecule has 39 heavy (non-hydrogen) atoms. The molecule has 7 nitrogen and oxygen atoms in total. The number of benzene rings is 4. The molecule has 7 heteroatoms. The minimum Gasteiger partial charge on any atom is -0.397 e. The molecule has 4 aromatic carbocycles. The summed E-state index contributed by atoms with van der Waals surface area (Å²) in [6.07, 6.45) is -3.23. The number of anilines is 2. The normalized spacial score (nSPS) is 20.5. The molecule has 200 valence electrons. The lowest BCUT2D eigenvalue weighted by molar-refractivity contribution is -0.187. The van der Waals surface area contributed by atoms with Crippen LogP contribution in [-0.2, 0) is 43.6 Å². The number of nitrogen functional groups attached to an aromatic ring is 1. The van der Waals surface area contributed by atoms with Crippen molar-refractivity contribution >= 4 is 17.3 Å². The third-order valence-corrected chi connectivity index (χ3v) is 6.48. The average Bonchev–Trinajstić information content (AvgIpc) is 3.34. The summed E-state index contributed by atoms with van der Waals surface area (Å²) in [5, 5.41) is 2.89. The van der Waals surface area contributed by atoms with Crippen LogP contribution in [-0.4, -0.2) is 30.5 Å². The summed E-state index contributed by atoms with van der Waals surface area (Å²) < 4.78 is 25.1. The van der Waals surface area contributed by atoms with Crippen LogP contribution in [0.4, 0.5) is 11.4 Å². The molecule has 0 aliphatic carbocycles. The fraction of sp³-hybridized carbons (Fsp3) is 0.219. The van der Waals surface area contributed by atoms with Gasteiger partial charge >= 0.3 is 0 Å². The molecule has 0 spiro atoms. The van der Waals surface area contributed by atoms with Gasteiger partial charge < -0.3 is 30.0 Å². The van der Waals surface area contributed by atoms with Crippen molar-refractivity contribution in [1.29, 1.82) is 0 Å². The summed E-state index contributed by atoms with van der Waals surface area (Å²) in [6.45, 7) is 0.885. The van der Waals surface area contributed by atoms with Crippen molar-refractivity contribution in [3.63, 3.8) is 0 Å². The first-order chi connectivity index (χ1) is 19.2. The van der Waals surface area contributed by atoms with Gasteiger partial charge in [-0.25, -0.2) is 0 Å². The minimum absolute atomic E-state index is 0.280. The van der Waals surface area contributed by atoms with E-state index >= 15 is 0 Å². The first-order valence-corrected chi connectivity index (χ1v) is 12.9. The van der Waals surface area contributed by atoms with Gasteiger partial charge in [-0.2, -0.15) is 0 Å². The van der Waals surface area contributed by atoms with Crippen LogP contribution in [0.15, 0.2) is 115 Å². The number of hydrogen-bond donors (Lipinski definition) is 2. The van der Waals surface area contributed by atoms with Gasteiger partial charge in [0.1, 0.15) is 12.2 Å². The van der Waals surface area contributed by atoms with Crippen molar-refractivity contribution in [2.24, 2.45) is 0 Å². The zero-order chi connectivity index (χ0) is 26.9. The Bertz CT molecular complexity index is 1320. The van der Waals surface area contributed by atoms with Crippen LogP contribution in [0, 0.1) is 0 Å². The molecular formula is C32H32N2O5. The van der Waals surface area contributed by atoms with Gasteiger partial charge in [0.25, 0.3) is 5.91 Å². The van der Waals surface area contributed by atoms with Gasteiger partial charge in [0.05, 0.1) is 31.2 Å². The molecule has 1 saturated heterocycles. The van der Waals surface area contributed by atoms with E-state index in [1.54, 1.807) is 12.1 Å². The standard InChI is InChI=1S/C32H32N2O5/c33-26-18-10-11-19-27(26)34-31(35)29-28(36-20-23-12-4-1-5-13-23)30(37-21-24-14-6-2-7-15-24)32(39-29)38-22-25-16-8-3-9-17-25/h1-19,28-30,32H,20-22,33H2,(H,34,35)/t28-,29-,30+,32-/m0/s1. The number of para-hydroxylation sites is 2. The highest BCUT2D eigenvalue weighted by molar-refractivity contribution is 5.97. The smallest absolute Gasteiger partial charge is 0.256 e. The van der Waals surface area contributed by atoms with Crippen molar-refractivity contribution in [2.75, 3.05) is 11.1 Å². The van der Waals surface area contributed by atoms with Gasteiger partial charge in [-0.05, 0) is 28.8 Å². The third-order valence-electron chi connectivity index (χ3n) is 6.48. The zero-order valence-corrected chi connectivity index (χ0v) is 21.5. The molecule has 1 aliphatic rings. The summed E-state index contributed by atoms with van der Waals surface area (Å²) in [5.74, 6) is -0.384. The first kappa shape index (κ1) is 26.6. The van der Waals surface area contributed by atoms with Gasteiger partial charge in [0, 0.05) is 0 Å². The number of amides is 1. The SMILES string of the molecule is Nc1ccccc1NC(=O)[C@H]1O[C@H](OCc2ccccc2)[C@H](OCc2ccccc2)[C@H]1OCc1ccccc1. The number of hydrogen-bond acceptors (Lipinski definition) is 6. The van der Waals surface area contributed by atoms with Gasteiger partial charge in [-0.15, -0.1) is 0 Å². The topological polar surface area (TPSA) is 92.0 Å². The minimum atomic E-state index is -0.991. The molecule has 3 N–H and O–H groups in total. The van der Waals surface area contributed by atoms with Crippen LogP contribution in [0.1, 0.15) is 16.7 Å². The molecule has 0 saturated carbocycles. The Kier molecular flexibility index (Phi) is 8.98. The van der Waals surface area contributed by atoms with E-state index in [9.17, 15) is 4.79 Å². The van der Waals surface area contributed by atoms with Crippen LogP contribution in [0.5, 0.6) is 0 Å². The highest BCUT2D eigenvalue weighted by Crippen LogP contribution is 2.31.